The molecule has 0 radical (unpaired) electrons. The smallest absolute Gasteiger partial charge is 0.257 e. The van der Waals surface area contributed by atoms with Crippen LogP contribution in [0.1, 0.15) is 22.3 Å². The molecular weight excluding hydrogens is 334 g/mol. The Bertz CT molecular complexity index is 929. The first-order valence-electron chi connectivity index (χ1n) is 8.20. The average molecular weight is 351 g/mol. The summed E-state index contributed by atoms with van der Waals surface area (Å²) >= 11 is 0. The van der Waals surface area contributed by atoms with E-state index in [1.807, 2.05) is 30.3 Å². The minimum atomic E-state index is -1.08. The van der Waals surface area contributed by atoms with E-state index in [1.165, 1.54) is 23.1 Å². The molecule has 0 unspecified atom stereocenters. The largest absolute Gasteiger partial charge is 0.507 e. The molecule has 132 valence electrons. The van der Waals surface area contributed by atoms with E-state index in [2.05, 4.69) is 15.5 Å². The zero-order valence-corrected chi connectivity index (χ0v) is 13.9. The SMILES string of the molecule is O=C(c1cc(-n2cnnn2)ccc1O)N1CC[C@@](O)(c2ccccc2)C1. The van der Waals surface area contributed by atoms with Gasteiger partial charge in [0.25, 0.3) is 5.91 Å². The van der Waals surface area contributed by atoms with Crippen molar-refractivity contribution >= 4 is 5.91 Å². The number of carbonyl (C=O) groups is 1. The Morgan fingerprint density at radius 1 is 1.15 bits per heavy atom. The number of aromatic hydroxyl groups is 1. The zero-order chi connectivity index (χ0) is 18.1. The lowest BCUT2D eigenvalue weighted by Gasteiger charge is -2.24. The van der Waals surface area contributed by atoms with Gasteiger partial charge in [0, 0.05) is 6.54 Å². The summed E-state index contributed by atoms with van der Waals surface area (Å²) in [5.74, 6) is -0.466. The number of hydrogen-bond donors (Lipinski definition) is 2. The Hall–Kier alpha value is -3.26. The van der Waals surface area contributed by atoms with Crippen LogP contribution in [0.25, 0.3) is 5.69 Å². The van der Waals surface area contributed by atoms with Crippen LogP contribution in [-0.2, 0) is 5.60 Å². The maximum Gasteiger partial charge on any atom is 0.257 e. The van der Waals surface area contributed by atoms with Crippen molar-refractivity contribution in [3.05, 3.63) is 66.0 Å². The molecule has 4 rings (SSSR count). The zero-order valence-electron chi connectivity index (χ0n) is 13.9. The van der Waals surface area contributed by atoms with E-state index >= 15 is 0 Å². The van der Waals surface area contributed by atoms with Crippen molar-refractivity contribution in [2.24, 2.45) is 0 Å². The number of carbonyl (C=O) groups excluding carboxylic acids is 1. The molecule has 1 amide bonds. The van der Waals surface area contributed by atoms with Gasteiger partial charge in [0.1, 0.15) is 17.7 Å². The first kappa shape index (κ1) is 16.2. The molecule has 8 heteroatoms. The highest BCUT2D eigenvalue weighted by molar-refractivity contribution is 5.97. The van der Waals surface area contributed by atoms with E-state index in [0.29, 0.717) is 18.7 Å². The van der Waals surface area contributed by atoms with Crippen LogP contribution >= 0.6 is 0 Å². The first-order valence-corrected chi connectivity index (χ1v) is 8.20. The van der Waals surface area contributed by atoms with Crippen LogP contribution in [0.4, 0.5) is 0 Å². The third-order valence-corrected chi connectivity index (χ3v) is 4.67. The van der Waals surface area contributed by atoms with E-state index in [9.17, 15) is 15.0 Å². The Morgan fingerprint density at radius 2 is 1.96 bits per heavy atom. The molecule has 1 aliphatic heterocycles. The van der Waals surface area contributed by atoms with Crippen LogP contribution in [0.5, 0.6) is 5.75 Å². The van der Waals surface area contributed by atoms with Gasteiger partial charge in [-0.2, -0.15) is 0 Å². The third-order valence-electron chi connectivity index (χ3n) is 4.67. The number of aliphatic hydroxyl groups is 1. The monoisotopic (exact) mass is 351 g/mol. The van der Waals surface area contributed by atoms with Crippen molar-refractivity contribution in [1.82, 2.24) is 25.1 Å². The maximum atomic E-state index is 12.9. The summed E-state index contributed by atoms with van der Waals surface area (Å²) < 4.78 is 1.40. The summed E-state index contributed by atoms with van der Waals surface area (Å²) in [5.41, 5.74) is 0.408. The average Bonchev–Trinajstić information content (AvgIpc) is 3.33. The number of aromatic nitrogens is 4. The summed E-state index contributed by atoms with van der Waals surface area (Å²) in [6, 6.07) is 13.9. The first-order chi connectivity index (χ1) is 12.6. The van der Waals surface area contributed by atoms with Crippen LogP contribution in [0, 0.1) is 0 Å². The third kappa shape index (κ3) is 2.80. The number of tetrazole rings is 1. The molecule has 2 N–H and O–H groups in total. The fraction of sp³-hybridized carbons (Fsp3) is 0.222. The van der Waals surface area contributed by atoms with Gasteiger partial charge >= 0.3 is 0 Å². The lowest BCUT2D eigenvalue weighted by Crippen LogP contribution is -2.34. The number of phenolic OH excluding ortho intramolecular Hbond substituents is 1. The maximum absolute atomic E-state index is 12.9. The minimum absolute atomic E-state index is 0.123. The number of hydrogen-bond acceptors (Lipinski definition) is 6. The second-order valence-electron chi connectivity index (χ2n) is 6.33. The lowest BCUT2D eigenvalue weighted by molar-refractivity contribution is 0.0416. The standard InChI is InChI=1S/C18H17N5O3/c24-16-7-6-14(23-12-19-20-21-23)10-15(16)17(25)22-9-8-18(26,11-22)13-4-2-1-3-5-13/h1-7,10,12,24,26H,8-9,11H2/t18-/m0/s1. The molecule has 26 heavy (non-hydrogen) atoms. The van der Waals surface area contributed by atoms with Gasteiger partial charge < -0.3 is 15.1 Å². The van der Waals surface area contributed by atoms with E-state index in [-0.39, 0.29) is 23.8 Å². The number of β-amino-alcohol motifs (C(OH)–C–C–N with tert-alkyl or cyclic N) is 1. The fourth-order valence-corrected chi connectivity index (χ4v) is 3.24. The van der Waals surface area contributed by atoms with Gasteiger partial charge in [-0.05, 0) is 40.6 Å². The number of nitrogens with zero attached hydrogens (tertiary/aromatic N) is 5. The highest BCUT2D eigenvalue weighted by atomic mass is 16.3. The highest BCUT2D eigenvalue weighted by Gasteiger charge is 2.40. The summed E-state index contributed by atoms with van der Waals surface area (Å²) in [6.07, 6.45) is 1.85. The Kier molecular flexibility index (Phi) is 3.89. The van der Waals surface area contributed by atoms with Gasteiger partial charge in [-0.15, -0.1) is 5.10 Å². The molecule has 0 spiro atoms. The van der Waals surface area contributed by atoms with Crippen LogP contribution in [-0.4, -0.2) is 54.3 Å². The number of amides is 1. The second kappa shape index (κ2) is 6.23. The fourth-order valence-electron chi connectivity index (χ4n) is 3.24. The summed E-state index contributed by atoms with van der Waals surface area (Å²) in [6.45, 7) is 0.573. The Balaban J connectivity index is 1.60. The summed E-state index contributed by atoms with van der Waals surface area (Å²) in [7, 11) is 0. The molecule has 2 aromatic carbocycles. The molecule has 1 saturated heterocycles. The molecule has 0 bridgehead atoms. The minimum Gasteiger partial charge on any atom is -0.507 e. The van der Waals surface area contributed by atoms with Crippen molar-refractivity contribution in [2.45, 2.75) is 12.0 Å². The number of rotatable bonds is 3. The molecule has 1 fully saturated rings. The van der Waals surface area contributed by atoms with E-state index < -0.39 is 5.60 Å². The molecular formula is C18H17N5O3. The normalized spacial score (nSPS) is 19.7. The van der Waals surface area contributed by atoms with Crippen molar-refractivity contribution in [2.75, 3.05) is 13.1 Å². The molecule has 0 aliphatic carbocycles. The molecule has 1 aliphatic rings. The molecule has 8 nitrogen and oxygen atoms in total. The van der Waals surface area contributed by atoms with Crippen molar-refractivity contribution in [3.8, 4) is 11.4 Å². The van der Waals surface area contributed by atoms with Gasteiger partial charge in [0.2, 0.25) is 0 Å². The number of benzene rings is 2. The molecule has 0 saturated carbocycles. The van der Waals surface area contributed by atoms with Crippen LogP contribution < -0.4 is 0 Å². The van der Waals surface area contributed by atoms with E-state index in [4.69, 9.17) is 0 Å². The molecule has 1 aromatic heterocycles. The predicted molar refractivity (Wildman–Crippen MR) is 91.7 cm³/mol. The quantitative estimate of drug-likeness (QED) is 0.732. The molecule has 2 heterocycles. The predicted octanol–water partition coefficient (Wildman–Crippen LogP) is 1.10. The van der Waals surface area contributed by atoms with Crippen molar-refractivity contribution < 1.29 is 15.0 Å². The van der Waals surface area contributed by atoms with Gasteiger partial charge in [-0.3, -0.25) is 4.79 Å². The van der Waals surface area contributed by atoms with Crippen LogP contribution in [0.15, 0.2) is 54.9 Å². The van der Waals surface area contributed by atoms with Gasteiger partial charge in [-0.25, -0.2) is 4.68 Å². The summed E-state index contributed by atoms with van der Waals surface area (Å²) in [5, 5.41) is 32.0. The van der Waals surface area contributed by atoms with Gasteiger partial charge in [0.15, 0.2) is 0 Å². The highest BCUT2D eigenvalue weighted by Crippen LogP contribution is 2.33. The van der Waals surface area contributed by atoms with Crippen LogP contribution in [0.3, 0.4) is 0 Å². The number of likely N-dealkylation sites (tertiary alicyclic amines) is 1. The van der Waals surface area contributed by atoms with Gasteiger partial charge in [0.05, 0.1) is 17.8 Å². The topological polar surface area (TPSA) is 104 Å². The van der Waals surface area contributed by atoms with Crippen LogP contribution in [0.2, 0.25) is 0 Å². The Morgan fingerprint density at radius 3 is 2.69 bits per heavy atom. The lowest BCUT2D eigenvalue weighted by atomic mass is 9.93. The number of phenols is 1. The van der Waals surface area contributed by atoms with Crippen molar-refractivity contribution in [3.63, 3.8) is 0 Å². The Labute approximate surface area is 149 Å². The van der Waals surface area contributed by atoms with Gasteiger partial charge in [-0.1, -0.05) is 30.3 Å². The molecule has 3 aromatic rings. The summed E-state index contributed by atoms with van der Waals surface area (Å²) in [4.78, 5) is 14.4. The van der Waals surface area contributed by atoms with Crippen molar-refractivity contribution in [1.29, 1.82) is 0 Å². The van der Waals surface area contributed by atoms with E-state index in [1.54, 1.807) is 11.0 Å². The molecule has 1 atom stereocenters. The second-order valence-corrected chi connectivity index (χ2v) is 6.33. The van der Waals surface area contributed by atoms with E-state index in [0.717, 1.165) is 5.56 Å².